The molecule has 1 fully saturated rings. The number of benzene rings is 1. The van der Waals surface area contributed by atoms with Gasteiger partial charge in [-0.2, -0.15) is 13.2 Å². The van der Waals surface area contributed by atoms with Gasteiger partial charge >= 0.3 is 12.1 Å². The van der Waals surface area contributed by atoms with Crippen LogP contribution in [-0.4, -0.2) is 25.7 Å². The zero-order valence-electron chi connectivity index (χ0n) is 10.00. The summed E-state index contributed by atoms with van der Waals surface area (Å²) >= 11 is 5.70. The maximum Gasteiger partial charge on any atom is 0.416 e. The Morgan fingerprint density at radius 3 is 2.58 bits per heavy atom. The molecule has 1 aliphatic heterocycles. The van der Waals surface area contributed by atoms with Crippen molar-refractivity contribution in [3.05, 3.63) is 28.8 Å². The molecule has 0 bridgehead atoms. The van der Waals surface area contributed by atoms with E-state index in [9.17, 15) is 18.0 Å². The third-order valence-corrected chi connectivity index (χ3v) is 3.25. The molecule has 3 nitrogen and oxygen atoms in total. The monoisotopic (exact) mass is 293 g/mol. The molecule has 1 heterocycles. The Labute approximate surface area is 112 Å². The minimum absolute atomic E-state index is 0.0136. The first-order chi connectivity index (χ1) is 8.82. The minimum atomic E-state index is -4.47. The van der Waals surface area contributed by atoms with E-state index < -0.39 is 23.8 Å². The molecular weight excluding hydrogens is 283 g/mol. The lowest BCUT2D eigenvalue weighted by molar-refractivity contribution is -0.143. The van der Waals surface area contributed by atoms with Crippen molar-refractivity contribution in [2.45, 2.75) is 18.6 Å². The summed E-state index contributed by atoms with van der Waals surface area (Å²) < 4.78 is 42.7. The van der Waals surface area contributed by atoms with E-state index in [0.717, 1.165) is 12.1 Å². The van der Waals surface area contributed by atoms with Crippen molar-refractivity contribution >= 4 is 23.3 Å². The highest BCUT2D eigenvalue weighted by Crippen LogP contribution is 2.36. The Balaban J connectivity index is 2.31. The highest BCUT2D eigenvalue weighted by atomic mass is 35.5. The van der Waals surface area contributed by atoms with Gasteiger partial charge in [0.25, 0.3) is 0 Å². The largest absolute Gasteiger partial charge is 0.467 e. The first kappa shape index (κ1) is 14.0. The fourth-order valence-corrected chi connectivity index (χ4v) is 2.21. The van der Waals surface area contributed by atoms with Gasteiger partial charge in [0.1, 0.15) is 6.04 Å². The van der Waals surface area contributed by atoms with Crippen LogP contribution in [0.25, 0.3) is 0 Å². The molecule has 0 saturated carbocycles. The van der Waals surface area contributed by atoms with Crippen molar-refractivity contribution in [2.75, 3.05) is 18.6 Å². The van der Waals surface area contributed by atoms with E-state index in [0.29, 0.717) is 13.0 Å². The average Bonchev–Trinajstić information content (AvgIpc) is 2.25. The van der Waals surface area contributed by atoms with E-state index in [2.05, 4.69) is 4.74 Å². The van der Waals surface area contributed by atoms with Crippen LogP contribution in [0.15, 0.2) is 18.2 Å². The lowest BCUT2D eigenvalue weighted by Crippen LogP contribution is -2.53. The highest BCUT2D eigenvalue weighted by Gasteiger charge is 2.37. The summed E-state index contributed by atoms with van der Waals surface area (Å²) in [7, 11) is 1.25. The molecule has 19 heavy (non-hydrogen) atoms. The van der Waals surface area contributed by atoms with E-state index in [1.54, 1.807) is 4.90 Å². The van der Waals surface area contributed by atoms with Crippen LogP contribution < -0.4 is 4.90 Å². The van der Waals surface area contributed by atoms with E-state index in [4.69, 9.17) is 11.6 Å². The molecular formula is C12H11ClF3NO2. The fraction of sp³-hybridized carbons (Fsp3) is 0.417. The van der Waals surface area contributed by atoms with Crippen molar-refractivity contribution in [1.82, 2.24) is 0 Å². The van der Waals surface area contributed by atoms with Crippen molar-refractivity contribution in [3.8, 4) is 0 Å². The maximum atomic E-state index is 12.7. The SMILES string of the molecule is COC(=O)C1CCN1c1cc(Cl)cc(C(F)(F)F)c1. The Morgan fingerprint density at radius 1 is 1.42 bits per heavy atom. The Kier molecular flexibility index (Phi) is 3.62. The van der Waals surface area contributed by atoms with E-state index in [1.165, 1.54) is 13.2 Å². The van der Waals surface area contributed by atoms with Crippen molar-refractivity contribution in [1.29, 1.82) is 0 Å². The van der Waals surface area contributed by atoms with Crippen LogP contribution in [0.1, 0.15) is 12.0 Å². The molecule has 0 N–H and O–H groups in total. The number of hydrogen-bond acceptors (Lipinski definition) is 3. The summed E-state index contributed by atoms with van der Waals surface area (Å²) in [4.78, 5) is 13.0. The summed E-state index contributed by atoms with van der Waals surface area (Å²) in [5.74, 6) is -0.459. The van der Waals surface area contributed by atoms with E-state index in [1.807, 2.05) is 0 Å². The molecule has 2 rings (SSSR count). The molecule has 1 aromatic rings. The van der Waals surface area contributed by atoms with Crippen molar-refractivity contribution < 1.29 is 22.7 Å². The molecule has 7 heteroatoms. The molecule has 1 atom stereocenters. The normalized spacial score (nSPS) is 19.0. The predicted molar refractivity (Wildman–Crippen MR) is 64.2 cm³/mol. The summed E-state index contributed by atoms with van der Waals surface area (Å²) in [6.07, 6.45) is -3.91. The molecule has 0 aliphatic carbocycles. The van der Waals surface area contributed by atoms with Gasteiger partial charge in [0.05, 0.1) is 12.7 Å². The third-order valence-electron chi connectivity index (χ3n) is 3.03. The second-order valence-electron chi connectivity index (χ2n) is 4.22. The standard InChI is InChI=1S/C12H11ClF3NO2/c1-19-11(18)10-2-3-17(10)9-5-7(12(14,15)16)4-8(13)6-9/h4-6,10H,2-3H2,1H3. The average molecular weight is 294 g/mol. The first-order valence-electron chi connectivity index (χ1n) is 5.55. The lowest BCUT2D eigenvalue weighted by atomic mass is 10.0. The second-order valence-corrected chi connectivity index (χ2v) is 4.65. The molecule has 0 spiro atoms. The highest BCUT2D eigenvalue weighted by molar-refractivity contribution is 6.31. The molecule has 1 aliphatic rings. The Hall–Kier alpha value is -1.43. The molecule has 0 amide bonds. The number of nitrogens with zero attached hydrogens (tertiary/aromatic N) is 1. The number of alkyl halides is 3. The lowest BCUT2D eigenvalue weighted by Gasteiger charge is -2.40. The van der Waals surface area contributed by atoms with Crippen LogP contribution in [0.4, 0.5) is 18.9 Å². The molecule has 1 saturated heterocycles. The van der Waals surface area contributed by atoms with Crippen LogP contribution in [0.5, 0.6) is 0 Å². The van der Waals surface area contributed by atoms with Crippen molar-refractivity contribution in [2.24, 2.45) is 0 Å². The number of halogens is 4. The fourth-order valence-electron chi connectivity index (χ4n) is 1.98. The van der Waals surface area contributed by atoms with Crippen LogP contribution in [-0.2, 0) is 15.7 Å². The van der Waals surface area contributed by atoms with Crippen molar-refractivity contribution in [3.63, 3.8) is 0 Å². The summed E-state index contributed by atoms with van der Waals surface area (Å²) in [6.45, 7) is 0.497. The van der Waals surface area contributed by atoms with Gasteiger partial charge in [-0.25, -0.2) is 4.79 Å². The Bertz CT molecular complexity index is 504. The Morgan fingerprint density at radius 2 is 2.11 bits per heavy atom. The molecule has 1 unspecified atom stereocenters. The zero-order chi connectivity index (χ0) is 14.2. The van der Waals surface area contributed by atoms with Gasteiger partial charge in [0.2, 0.25) is 0 Å². The summed E-state index contributed by atoms with van der Waals surface area (Å²) in [6, 6.07) is 2.72. The summed E-state index contributed by atoms with van der Waals surface area (Å²) in [5, 5.41) is -0.0136. The number of carbonyl (C=O) groups is 1. The predicted octanol–water partition coefficient (Wildman–Crippen LogP) is 3.11. The van der Waals surface area contributed by atoms with Gasteiger partial charge in [0.15, 0.2) is 0 Å². The van der Waals surface area contributed by atoms with Crippen LogP contribution in [0, 0.1) is 0 Å². The van der Waals surface area contributed by atoms with Crippen LogP contribution in [0.2, 0.25) is 5.02 Å². The smallest absolute Gasteiger partial charge is 0.416 e. The van der Waals surface area contributed by atoms with E-state index in [-0.39, 0.29) is 10.7 Å². The van der Waals surface area contributed by atoms with Gasteiger partial charge in [-0.1, -0.05) is 11.6 Å². The number of carbonyl (C=O) groups excluding carboxylic acids is 1. The topological polar surface area (TPSA) is 29.5 Å². The quantitative estimate of drug-likeness (QED) is 0.785. The first-order valence-corrected chi connectivity index (χ1v) is 5.93. The molecule has 104 valence electrons. The number of hydrogen-bond donors (Lipinski definition) is 0. The van der Waals surface area contributed by atoms with Gasteiger partial charge in [-0.3, -0.25) is 0 Å². The van der Waals surface area contributed by atoms with Gasteiger partial charge < -0.3 is 9.64 Å². The minimum Gasteiger partial charge on any atom is -0.467 e. The molecule has 0 radical (unpaired) electrons. The number of ether oxygens (including phenoxy) is 1. The summed E-state index contributed by atoms with van der Waals surface area (Å²) in [5.41, 5.74) is -0.549. The van der Waals surface area contributed by atoms with Gasteiger partial charge in [-0.15, -0.1) is 0 Å². The third kappa shape index (κ3) is 2.78. The molecule has 0 aromatic heterocycles. The van der Waals surface area contributed by atoms with Gasteiger partial charge in [0, 0.05) is 17.3 Å². The van der Waals surface area contributed by atoms with Crippen LogP contribution >= 0.6 is 11.6 Å². The number of methoxy groups -OCH3 is 1. The maximum absolute atomic E-state index is 12.7. The van der Waals surface area contributed by atoms with Crippen LogP contribution in [0.3, 0.4) is 0 Å². The number of anilines is 1. The molecule has 1 aromatic carbocycles. The van der Waals surface area contributed by atoms with Gasteiger partial charge in [-0.05, 0) is 24.6 Å². The van der Waals surface area contributed by atoms with E-state index >= 15 is 0 Å². The zero-order valence-corrected chi connectivity index (χ0v) is 10.8. The second kappa shape index (κ2) is 4.92. The number of esters is 1. The number of rotatable bonds is 2.